The molecule has 0 radical (unpaired) electrons. The van der Waals surface area contributed by atoms with Crippen LogP contribution in [-0.4, -0.2) is 12.0 Å². The Hall–Kier alpha value is -1.46. The second kappa shape index (κ2) is 2.77. The van der Waals surface area contributed by atoms with E-state index < -0.39 is 12.4 Å². The van der Waals surface area contributed by atoms with Crippen molar-refractivity contribution >= 4 is 23.5 Å². The topological polar surface area (TPSA) is 26.0 Å². The van der Waals surface area contributed by atoms with E-state index in [4.69, 9.17) is 4.42 Å². The van der Waals surface area contributed by atoms with Gasteiger partial charge in [-0.2, -0.15) is 0 Å². The van der Waals surface area contributed by atoms with Crippen LogP contribution in [0.1, 0.15) is 5.89 Å². The van der Waals surface area contributed by atoms with Crippen molar-refractivity contribution in [2.75, 3.05) is 0 Å². The van der Waals surface area contributed by atoms with Crippen LogP contribution in [0.15, 0.2) is 22.6 Å². The van der Waals surface area contributed by atoms with Gasteiger partial charge < -0.3 is 17.4 Å². The Labute approximate surface area is 77.8 Å². The van der Waals surface area contributed by atoms with Gasteiger partial charge in [0.1, 0.15) is 0 Å². The second-order valence-electron chi connectivity index (χ2n) is 3.00. The van der Waals surface area contributed by atoms with Gasteiger partial charge >= 0.3 is 6.98 Å². The van der Waals surface area contributed by atoms with Crippen LogP contribution in [0, 0.1) is 6.92 Å². The fourth-order valence-corrected chi connectivity index (χ4v) is 1.34. The molecule has 74 valence electrons. The average molecular weight is 200 g/mol. The molecular formula is C8H6BF3NO-. The highest BCUT2D eigenvalue weighted by Gasteiger charge is 2.28. The molecule has 1 heterocycles. The van der Waals surface area contributed by atoms with Crippen molar-refractivity contribution < 1.29 is 17.4 Å². The molecule has 0 aliphatic heterocycles. The fraction of sp³-hybridized carbons (Fsp3) is 0.125. The Bertz CT molecular complexity index is 477. The number of para-hydroxylation sites is 1. The first-order chi connectivity index (χ1) is 6.48. The van der Waals surface area contributed by atoms with Crippen molar-refractivity contribution in [3.05, 3.63) is 24.1 Å². The molecule has 0 fully saturated rings. The molecule has 1 aromatic heterocycles. The van der Waals surface area contributed by atoms with Gasteiger partial charge in [-0.05, 0) is 6.07 Å². The van der Waals surface area contributed by atoms with E-state index in [1.165, 1.54) is 19.1 Å². The van der Waals surface area contributed by atoms with Crippen molar-refractivity contribution in [3.8, 4) is 0 Å². The van der Waals surface area contributed by atoms with E-state index in [9.17, 15) is 12.9 Å². The highest BCUT2D eigenvalue weighted by Crippen LogP contribution is 2.18. The zero-order valence-corrected chi connectivity index (χ0v) is 7.30. The van der Waals surface area contributed by atoms with Gasteiger partial charge in [0, 0.05) is 6.92 Å². The Balaban J connectivity index is 2.77. The number of halogens is 3. The first-order valence-electron chi connectivity index (χ1n) is 4.04. The average Bonchev–Trinajstić information content (AvgIpc) is 2.41. The van der Waals surface area contributed by atoms with Gasteiger partial charge in [-0.1, -0.05) is 17.6 Å². The first-order valence-corrected chi connectivity index (χ1v) is 4.04. The molecule has 1 aromatic carbocycles. The molecule has 2 rings (SSSR count). The number of rotatable bonds is 1. The molecule has 0 amide bonds. The summed E-state index contributed by atoms with van der Waals surface area (Å²) < 4.78 is 42.5. The fourth-order valence-electron chi connectivity index (χ4n) is 1.34. The normalized spacial score (nSPS) is 12.3. The van der Waals surface area contributed by atoms with Crippen LogP contribution in [0.5, 0.6) is 0 Å². The summed E-state index contributed by atoms with van der Waals surface area (Å²) in [6, 6.07) is 3.81. The predicted octanol–water partition coefficient (Wildman–Crippen LogP) is 2.19. The number of hydrogen-bond acceptors (Lipinski definition) is 2. The maximum Gasteiger partial charge on any atom is 0.511 e. The van der Waals surface area contributed by atoms with Crippen LogP contribution in [0.3, 0.4) is 0 Å². The number of benzene rings is 1. The molecule has 0 aliphatic carbocycles. The summed E-state index contributed by atoms with van der Waals surface area (Å²) in [5, 5.41) is 0. The molecule has 0 saturated carbocycles. The lowest BCUT2D eigenvalue weighted by molar-refractivity contribution is 0.501. The number of fused-ring (bicyclic) bond motifs is 1. The number of oxazole rings is 1. The predicted molar refractivity (Wildman–Crippen MR) is 47.5 cm³/mol. The zero-order valence-electron chi connectivity index (χ0n) is 7.30. The van der Waals surface area contributed by atoms with E-state index in [1.54, 1.807) is 0 Å². The molecule has 2 nitrogen and oxygen atoms in total. The van der Waals surface area contributed by atoms with E-state index in [0.717, 1.165) is 6.07 Å². The first kappa shape index (κ1) is 9.11. The van der Waals surface area contributed by atoms with E-state index >= 15 is 0 Å². The van der Waals surface area contributed by atoms with E-state index in [0.29, 0.717) is 0 Å². The van der Waals surface area contributed by atoms with Crippen LogP contribution in [0.2, 0.25) is 0 Å². The lowest BCUT2D eigenvalue weighted by atomic mass is 9.79. The van der Waals surface area contributed by atoms with Crippen molar-refractivity contribution in [3.63, 3.8) is 0 Å². The molecule has 0 aliphatic rings. The summed E-state index contributed by atoms with van der Waals surface area (Å²) in [4.78, 5) is 3.71. The molecule has 2 aromatic rings. The Morgan fingerprint density at radius 1 is 1.29 bits per heavy atom. The molecule has 0 bridgehead atoms. The van der Waals surface area contributed by atoms with Crippen molar-refractivity contribution in [2.45, 2.75) is 6.92 Å². The van der Waals surface area contributed by atoms with Crippen LogP contribution >= 0.6 is 0 Å². The Morgan fingerprint density at radius 3 is 2.64 bits per heavy atom. The maximum atomic E-state index is 12.5. The lowest BCUT2D eigenvalue weighted by Gasteiger charge is -2.14. The van der Waals surface area contributed by atoms with Gasteiger partial charge in [0.05, 0.1) is 5.52 Å². The van der Waals surface area contributed by atoms with Crippen LogP contribution in [-0.2, 0) is 0 Å². The number of aromatic nitrogens is 1. The summed E-state index contributed by atoms with van der Waals surface area (Å²) in [7, 11) is 0. The third-order valence-electron chi connectivity index (χ3n) is 1.91. The van der Waals surface area contributed by atoms with Crippen molar-refractivity contribution in [1.29, 1.82) is 0 Å². The molecule has 0 saturated heterocycles. The van der Waals surface area contributed by atoms with Crippen LogP contribution in [0.25, 0.3) is 11.1 Å². The standard InChI is InChI=1S/C8H6BF3NO/c1-5-13-8-6(9(10,11)12)3-2-4-7(8)14-5/h2-4H,1H3/q-1. The molecule has 0 atom stereocenters. The van der Waals surface area contributed by atoms with E-state index in [-0.39, 0.29) is 17.0 Å². The second-order valence-corrected chi connectivity index (χ2v) is 3.00. The monoisotopic (exact) mass is 200 g/mol. The van der Waals surface area contributed by atoms with Crippen LogP contribution < -0.4 is 5.46 Å². The van der Waals surface area contributed by atoms with Gasteiger partial charge in [-0.15, -0.1) is 0 Å². The highest BCUT2D eigenvalue weighted by molar-refractivity contribution is 6.75. The molecular weight excluding hydrogens is 194 g/mol. The summed E-state index contributed by atoms with van der Waals surface area (Å²) in [5.41, 5.74) is -0.615. The SMILES string of the molecule is Cc1nc2c([B-](F)(F)F)cccc2o1. The minimum atomic E-state index is -5.03. The third-order valence-corrected chi connectivity index (χ3v) is 1.91. The Kier molecular flexibility index (Phi) is 1.80. The molecule has 14 heavy (non-hydrogen) atoms. The third kappa shape index (κ3) is 1.36. The smallest absolute Gasteiger partial charge is 0.445 e. The van der Waals surface area contributed by atoms with Gasteiger partial charge in [0.25, 0.3) is 0 Å². The minimum Gasteiger partial charge on any atom is -0.445 e. The summed E-state index contributed by atoms with van der Waals surface area (Å²) in [6.07, 6.45) is 0. The highest BCUT2D eigenvalue weighted by atomic mass is 19.4. The molecule has 6 heteroatoms. The summed E-state index contributed by atoms with van der Waals surface area (Å²) in [5.74, 6) is 0.243. The van der Waals surface area contributed by atoms with E-state index in [1.807, 2.05) is 0 Å². The summed E-state index contributed by atoms with van der Waals surface area (Å²) in [6.45, 7) is -3.50. The number of hydrogen-bond donors (Lipinski definition) is 0. The summed E-state index contributed by atoms with van der Waals surface area (Å²) >= 11 is 0. The maximum absolute atomic E-state index is 12.5. The van der Waals surface area contributed by atoms with Gasteiger partial charge in [-0.25, -0.2) is 4.98 Å². The van der Waals surface area contributed by atoms with Crippen LogP contribution in [0.4, 0.5) is 12.9 Å². The van der Waals surface area contributed by atoms with Gasteiger partial charge in [0.2, 0.25) is 0 Å². The molecule has 0 spiro atoms. The minimum absolute atomic E-state index is 0.0995. The Morgan fingerprint density at radius 2 is 2.00 bits per heavy atom. The molecule has 0 N–H and O–H groups in total. The van der Waals surface area contributed by atoms with Crippen molar-refractivity contribution in [1.82, 2.24) is 4.98 Å². The lowest BCUT2D eigenvalue weighted by Crippen LogP contribution is -2.34. The largest absolute Gasteiger partial charge is 0.511 e. The quantitative estimate of drug-likeness (QED) is 0.659. The zero-order chi connectivity index (χ0) is 10.3. The van der Waals surface area contributed by atoms with Gasteiger partial charge in [-0.3, -0.25) is 0 Å². The van der Waals surface area contributed by atoms with Crippen molar-refractivity contribution in [2.24, 2.45) is 0 Å². The van der Waals surface area contributed by atoms with Gasteiger partial charge in [0.15, 0.2) is 11.5 Å². The molecule has 0 unspecified atom stereocenters. The number of aryl methyl sites for hydroxylation is 1. The number of nitrogens with zero attached hydrogens (tertiary/aromatic N) is 1. The van der Waals surface area contributed by atoms with E-state index in [2.05, 4.69) is 4.98 Å².